The number of anilines is 1. The van der Waals surface area contributed by atoms with Gasteiger partial charge in [0.05, 0.1) is 11.9 Å². The van der Waals surface area contributed by atoms with Crippen molar-refractivity contribution in [1.82, 2.24) is 15.3 Å². The number of carbonyl (C=O) groups is 1. The van der Waals surface area contributed by atoms with Crippen LogP contribution < -0.4 is 10.6 Å². The van der Waals surface area contributed by atoms with Crippen molar-refractivity contribution >= 4 is 11.6 Å². The first-order chi connectivity index (χ1) is 9.19. The maximum atomic E-state index is 12.0. The molecule has 5 nitrogen and oxygen atoms in total. The van der Waals surface area contributed by atoms with Gasteiger partial charge in [-0.1, -0.05) is 12.1 Å². The molecule has 1 aromatic carbocycles. The summed E-state index contributed by atoms with van der Waals surface area (Å²) in [7, 11) is 1.88. The van der Waals surface area contributed by atoms with Crippen LogP contribution in [0.4, 0.5) is 5.69 Å². The number of aryl methyl sites for hydroxylation is 1. The molecule has 1 heterocycles. The van der Waals surface area contributed by atoms with E-state index in [1.54, 1.807) is 6.20 Å². The Bertz CT molecular complexity index is 566. The number of rotatable bonds is 4. The molecule has 19 heavy (non-hydrogen) atoms. The topological polar surface area (TPSA) is 66.9 Å². The lowest BCUT2D eigenvalue weighted by atomic mass is 10.2. The van der Waals surface area contributed by atoms with Gasteiger partial charge in [-0.15, -0.1) is 0 Å². The highest BCUT2D eigenvalue weighted by Crippen LogP contribution is 2.11. The number of amides is 1. The highest BCUT2D eigenvalue weighted by atomic mass is 16.1. The fourth-order valence-electron chi connectivity index (χ4n) is 1.67. The number of aromatic nitrogens is 2. The lowest BCUT2D eigenvalue weighted by molar-refractivity contribution is 0.102. The molecule has 0 aliphatic rings. The van der Waals surface area contributed by atoms with Crippen molar-refractivity contribution in [2.24, 2.45) is 0 Å². The maximum absolute atomic E-state index is 12.0. The summed E-state index contributed by atoms with van der Waals surface area (Å²) in [6.45, 7) is 2.59. The van der Waals surface area contributed by atoms with Gasteiger partial charge < -0.3 is 10.6 Å². The number of carbonyl (C=O) groups excluding carboxylic acids is 1. The van der Waals surface area contributed by atoms with Gasteiger partial charge >= 0.3 is 0 Å². The number of benzene rings is 1. The fourth-order valence-corrected chi connectivity index (χ4v) is 1.67. The average molecular weight is 256 g/mol. The molecule has 0 aliphatic carbocycles. The summed E-state index contributed by atoms with van der Waals surface area (Å²) in [4.78, 5) is 20.1. The Balaban J connectivity index is 2.10. The minimum atomic E-state index is -0.255. The lowest BCUT2D eigenvalue weighted by Gasteiger charge is -2.07. The molecule has 0 bridgehead atoms. The standard InChI is InChI=1S/C14H16N4O/c1-10-7-17-13(9-16-10)14(19)18-12-5-3-4-11(6-12)8-15-2/h3-7,9,15H,8H2,1-2H3,(H,18,19). The highest BCUT2D eigenvalue weighted by molar-refractivity contribution is 6.02. The zero-order chi connectivity index (χ0) is 13.7. The summed E-state index contributed by atoms with van der Waals surface area (Å²) in [5.74, 6) is -0.255. The third-order valence-corrected chi connectivity index (χ3v) is 2.58. The van der Waals surface area contributed by atoms with Gasteiger partial charge in [0.2, 0.25) is 0 Å². The minimum absolute atomic E-state index is 0.255. The molecule has 98 valence electrons. The summed E-state index contributed by atoms with van der Waals surface area (Å²) < 4.78 is 0. The highest BCUT2D eigenvalue weighted by Gasteiger charge is 2.08. The van der Waals surface area contributed by atoms with E-state index in [2.05, 4.69) is 20.6 Å². The second-order valence-corrected chi connectivity index (χ2v) is 4.23. The SMILES string of the molecule is CNCc1cccc(NC(=O)c2cnc(C)cn2)c1. The summed E-state index contributed by atoms with van der Waals surface area (Å²) in [6.07, 6.45) is 3.05. The normalized spacial score (nSPS) is 10.2. The molecule has 2 N–H and O–H groups in total. The van der Waals surface area contributed by atoms with E-state index in [0.717, 1.165) is 23.5 Å². The molecule has 2 rings (SSSR count). The van der Waals surface area contributed by atoms with Crippen molar-refractivity contribution in [3.8, 4) is 0 Å². The van der Waals surface area contributed by atoms with Crippen LogP contribution in [-0.2, 0) is 6.54 Å². The van der Waals surface area contributed by atoms with Gasteiger partial charge in [0.15, 0.2) is 0 Å². The lowest BCUT2D eigenvalue weighted by Crippen LogP contribution is -2.14. The van der Waals surface area contributed by atoms with Gasteiger partial charge in [0.1, 0.15) is 5.69 Å². The van der Waals surface area contributed by atoms with E-state index in [4.69, 9.17) is 0 Å². The Morgan fingerprint density at radius 3 is 2.79 bits per heavy atom. The molecular formula is C14H16N4O. The number of nitrogens with zero attached hydrogens (tertiary/aromatic N) is 2. The molecule has 0 fully saturated rings. The first-order valence-corrected chi connectivity index (χ1v) is 6.02. The van der Waals surface area contributed by atoms with Crippen molar-refractivity contribution < 1.29 is 4.79 Å². The molecule has 0 saturated carbocycles. The quantitative estimate of drug-likeness (QED) is 0.874. The Hall–Kier alpha value is -2.27. The Kier molecular flexibility index (Phi) is 4.20. The van der Waals surface area contributed by atoms with Crippen LogP contribution in [0.1, 0.15) is 21.7 Å². The number of nitrogens with one attached hydrogen (secondary N) is 2. The second-order valence-electron chi connectivity index (χ2n) is 4.23. The summed E-state index contributed by atoms with van der Waals surface area (Å²) >= 11 is 0. The van der Waals surface area contributed by atoms with Gasteiger partial charge in [-0.05, 0) is 31.7 Å². The second kappa shape index (κ2) is 6.06. The van der Waals surface area contributed by atoms with Gasteiger partial charge in [0, 0.05) is 18.4 Å². The maximum Gasteiger partial charge on any atom is 0.275 e. The molecule has 0 saturated heterocycles. The van der Waals surface area contributed by atoms with Crippen LogP contribution in [0.15, 0.2) is 36.7 Å². The first-order valence-electron chi connectivity index (χ1n) is 6.02. The third-order valence-electron chi connectivity index (χ3n) is 2.58. The molecule has 0 radical (unpaired) electrons. The molecule has 0 unspecified atom stereocenters. The zero-order valence-corrected chi connectivity index (χ0v) is 11.0. The van der Waals surface area contributed by atoms with Crippen LogP contribution in [0.5, 0.6) is 0 Å². The third kappa shape index (κ3) is 3.59. The Labute approximate surface area is 112 Å². The van der Waals surface area contributed by atoms with Crippen molar-refractivity contribution in [2.45, 2.75) is 13.5 Å². The minimum Gasteiger partial charge on any atom is -0.321 e. The predicted octanol–water partition coefficient (Wildman–Crippen LogP) is 1.76. The first kappa shape index (κ1) is 13.2. The van der Waals surface area contributed by atoms with E-state index in [1.807, 2.05) is 38.2 Å². The van der Waals surface area contributed by atoms with Gasteiger partial charge in [-0.2, -0.15) is 0 Å². The largest absolute Gasteiger partial charge is 0.321 e. The summed E-state index contributed by atoms with van der Waals surface area (Å²) in [5, 5.41) is 5.87. The molecular weight excluding hydrogens is 240 g/mol. The summed E-state index contributed by atoms with van der Waals surface area (Å²) in [5.41, 5.74) is 2.95. The predicted molar refractivity (Wildman–Crippen MR) is 73.9 cm³/mol. The average Bonchev–Trinajstić information content (AvgIpc) is 2.40. The zero-order valence-electron chi connectivity index (χ0n) is 11.0. The van der Waals surface area contributed by atoms with E-state index in [1.165, 1.54) is 6.20 Å². The fraction of sp³-hybridized carbons (Fsp3) is 0.214. The van der Waals surface area contributed by atoms with E-state index < -0.39 is 0 Å². The van der Waals surface area contributed by atoms with Crippen LogP contribution in [0.25, 0.3) is 0 Å². The van der Waals surface area contributed by atoms with Crippen molar-refractivity contribution in [3.63, 3.8) is 0 Å². The molecule has 0 atom stereocenters. The summed E-state index contributed by atoms with van der Waals surface area (Å²) in [6, 6.07) is 7.68. The van der Waals surface area contributed by atoms with Gasteiger partial charge in [-0.25, -0.2) is 4.98 Å². The van der Waals surface area contributed by atoms with Crippen LogP contribution in [-0.4, -0.2) is 22.9 Å². The number of hydrogen-bond donors (Lipinski definition) is 2. The van der Waals surface area contributed by atoms with Crippen LogP contribution in [0, 0.1) is 6.92 Å². The monoisotopic (exact) mass is 256 g/mol. The van der Waals surface area contributed by atoms with E-state index >= 15 is 0 Å². The van der Waals surface area contributed by atoms with Crippen LogP contribution in [0.2, 0.25) is 0 Å². The molecule has 1 aromatic heterocycles. The smallest absolute Gasteiger partial charge is 0.275 e. The number of hydrogen-bond acceptors (Lipinski definition) is 4. The van der Waals surface area contributed by atoms with Crippen molar-refractivity contribution in [1.29, 1.82) is 0 Å². The van der Waals surface area contributed by atoms with Gasteiger partial charge in [0.25, 0.3) is 5.91 Å². The van der Waals surface area contributed by atoms with Crippen LogP contribution >= 0.6 is 0 Å². The van der Waals surface area contributed by atoms with E-state index in [9.17, 15) is 4.79 Å². The molecule has 0 spiro atoms. The molecule has 0 aliphatic heterocycles. The molecule has 5 heteroatoms. The van der Waals surface area contributed by atoms with Crippen molar-refractivity contribution in [3.05, 3.63) is 53.6 Å². The van der Waals surface area contributed by atoms with Crippen molar-refractivity contribution in [2.75, 3.05) is 12.4 Å². The Morgan fingerprint density at radius 2 is 2.11 bits per heavy atom. The van der Waals surface area contributed by atoms with Gasteiger partial charge in [-0.3, -0.25) is 9.78 Å². The van der Waals surface area contributed by atoms with E-state index in [-0.39, 0.29) is 5.91 Å². The molecule has 1 amide bonds. The van der Waals surface area contributed by atoms with E-state index in [0.29, 0.717) is 5.69 Å². The van der Waals surface area contributed by atoms with Crippen LogP contribution in [0.3, 0.4) is 0 Å². The molecule has 2 aromatic rings. The Morgan fingerprint density at radius 1 is 1.26 bits per heavy atom.